The molecule has 0 spiro atoms. The van der Waals surface area contributed by atoms with Gasteiger partial charge in [-0.3, -0.25) is 4.79 Å². The largest absolute Gasteiger partial charge is 0.490 e. The van der Waals surface area contributed by atoms with Crippen LogP contribution in [-0.4, -0.2) is 25.7 Å². The van der Waals surface area contributed by atoms with E-state index in [1.54, 1.807) is 6.07 Å². The fourth-order valence-corrected chi connectivity index (χ4v) is 3.08. The van der Waals surface area contributed by atoms with E-state index in [1.165, 1.54) is 16.7 Å². The predicted octanol–water partition coefficient (Wildman–Crippen LogP) is 4.73. The monoisotopic (exact) mass is 389 g/mol. The van der Waals surface area contributed by atoms with Gasteiger partial charge in [0.1, 0.15) is 24.7 Å². The summed E-state index contributed by atoms with van der Waals surface area (Å²) in [4.78, 5) is 12.6. The second-order valence-corrected chi connectivity index (χ2v) is 6.94. The first-order chi connectivity index (χ1) is 14.1. The number of benzene rings is 3. The van der Waals surface area contributed by atoms with Gasteiger partial charge in [0.15, 0.2) is 0 Å². The first-order valence-corrected chi connectivity index (χ1v) is 9.87. The maximum Gasteiger partial charge on any atom is 0.255 e. The third-order valence-electron chi connectivity index (χ3n) is 4.67. The van der Waals surface area contributed by atoms with Crippen molar-refractivity contribution in [1.82, 2.24) is 5.32 Å². The Morgan fingerprint density at radius 2 is 1.59 bits per heavy atom. The summed E-state index contributed by atoms with van der Waals surface area (Å²) in [6.07, 6.45) is 0.799. The summed E-state index contributed by atoms with van der Waals surface area (Å²) in [5.74, 6) is 1.23. The number of hydrogen-bond donors (Lipinski definition) is 1. The summed E-state index contributed by atoms with van der Waals surface area (Å²) in [5, 5.41) is 3.00. The fraction of sp³-hybridized carbons (Fsp3) is 0.240. The molecule has 0 saturated carbocycles. The van der Waals surface area contributed by atoms with Gasteiger partial charge in [-0.1, -0.05) is 54.1 Å². The van der Waals surface area contributed by atoms with E-state index in [2.05, 4.69) is 37.4 Å². The average Bonchev–Trinajstić information content (AvgIpc) is 2.74. The second kappa shape index (κ2) is 10.3. The highest BCUT2D eigenvalue weighted by atomic mass is 16.5. The van der Waals surface area contributed by atoms with Gasteiger partial charge in [0.25, 0.3) is 5.91 Å². The predicted molar refractivity (Wildman–Crippen MR) is 116 cm³/mol. The molecule has 1 N–H and O–H groups in total. The Kier molecular flexibility index (Phi) is 7.28. The molecule has 0 bridgehead atoms. The van der Waals surface area contributed by atoms with Crippen LogP contribution in [0.15, 0.2) is 72.8 Å². The zero-order valence-electron chi connectivity index (χ0n) is 17.0. The van der Waals surface area contributed by atoms with E-state index in [1.807, 2.05) is 48.5 Å². The lowest BCUT2D eigenvalue weighted by atomic mass is 10.0. The van der Waals surface area contributed by atoms with Gasteiger partial charge in [-0.05, 0) is 55.7 Å². The molecule has 0 radical (unpaired) electrons. The molecule has 0 unspecified atom stereocenters. The van der Waals surface area contributed by atoms with E-state index in [0.717, 1.165) is 12.2 Å². The zero-order chi connectivity index (χ0) is 20.5. The van der Waals surface area contributed by atoms with Gasteiger partial charge in [0.05, 0.1) is 5.56 Å². The number of para-hydroxylation sites is 2. The molecule has 150 valence electrons. The molecule has 0 aliphatic heterocycles. The van der Waals surface area contributed by atoms with Crippen LogP contribution in [-0.2, 0) is 6.42 Å². The van der Waals surface area contributed by atoms with E-state index in [-0.39, 0.29) is 5.91 Å². The summed E-state index contributed by atoms with van der Waals surface area (Å²) in [6.45, 7) is 5.52. The minimum absolute atomic E-state index is 0.130. The number of carbonyl (C=O) groups is 1. The summed E-state index contributed by atoms with van der Waals surface area (Å²) in [7, 11) is 0. The molecule has 0 aliphatic rings. The molecule has 29 heavy (non-hydrogen) atoms. The Morgan fingerprint density at radius 3 is 2.41 bits per heavy atom. The second-order valence-electron chi connectivity index (χ2n) is 6.94. The molecule has 3 aromatic rings. The number of rotatable bonds is 9. The van der Waals surface area contributed by atoms with Crippen molar-refractivity contribution >= 4 is 5.91 Å². The van der Waals surface area contributed by atoms with E-state index in [4.69, 9.17) is 9.47 Å². The Labute approximate surface area is 172 Å². The zero-order valence-corrected chi connectivity index (χ0v) is 17.0. The molecule has 3 aromatic carbocycles. The third kappa shape index (κ3) is 6.11. The van der Waals surface area contributed by atoms with Gasteiger partial charge in [0, 0.05) is 6.54 Å². The van der Waals surface area contributed by atoms with Gasteiger partial charge in [0.2, 0.25) is 0 Å². The van der Waals surface area contributed by atoms with E-state index in [9.17, 15) is 4.79 Å². The van der Waals surface area contributed by atoms with Crippen LogP contribution >= 0.6 is 0 Å². The first kappa shape index (κ1) is 20.5. The van der Waals surface area contributed by atoms with Crippen molar-refractivity contribution in [2.75, 3.05) is 19.8 Å². The summed E-state index contributed by atoms with van der Waals surface area (Å²) < 4.78 is 11.4. The molecular weight excluding hydrogens is 362 g/mol. The number of nitrogens with one attached hydrogen (secondary N) is 1. The Morgan fingerprint density at radius 1 is 0.862 bits per heavy atom. The van der Waals surface area contributed by atoms with E-state index in [0.29, 0.717) is 31.1 Å². The summed E-state index contributed by atoms with van der Waals surface area (Å²) >= 11 is 0. The van der Waals surface area contributed by atoms with Crippen LogP contribution in [0.3, 0.4) is 0 Å². The standard InChI is InChI=1S/C25H27NO3/c1-19-12-13-20(2)21(18-19)14-15-26-25(27)23-10-6-7-11-24(23)29-17-16-28-22-8-4-3-5-9-22/h3-13,18H,14-17H2,1-2H3,(H,26,27). The average molecular weight is 389 g/mol. The highest BCUT2D eigenvalue weighted by Crippen LogP contribution is 2.18. The maximum atomic E-state index is 12.6. The van der Waals surface area contributed by atoms with Crippen LogP contribution in [0, 0.1) is 13.8 Å². The number of amides is 1. The first-order valence-electron chi connectivity index (χ1n) is 9.87. The molecule has 0 heterocycles. The molecule has 4 heteroatoms. The topological polar surface area (TPSA) is 47.6 Å². The van der Waals surface area contributed by atoms with Crippen molar-refractivity contribution in [3.05, 3.63) is 95.1 Å². The molecule has 0 saturated heterocycles. The van der Waals surface area contributed by atoms with Crippen LogP contribution in [0.5, 0.6) is 11.5 Å². The molecule has 1 amide bonds. The van der Waals surface area contributed by atoms with Crippen LogP contribution in [0.2, 0.25) is 0 Å². The van der Waals surface area contributed by atoms with Gasteiger partial charge < -0.3 is 14.8 Å². The van der Waals surface area contributed by atoms with Crippen molar-refractivity contribution < 1.29 is 14.3 Å². The number of carbonyl (C=O) groups excluding carboxylic acids is 1. The minimum Gasteiger partial charge on any atom is -0.490 e. The van der Waals surface area contributed by atoms with Crippen LogP contribution in [0.25, 0.3) is 0 Å². The molecule has 0 aliphatic carbocycles. The molecular formula is C25H27NO3. The van der Waals surface area contributed by atoms with Crippen molar-refractivity contribution in [3.63, 3.8) is 0 Å². The molecule has 0 aromatic heterocycles. The number of hydrogen-bond acceptors (Lipinski definition) is 3. The quantitative estimate of drug-likeness (QED) is 0.538. The molecule has 0 atom stereocenters. The van der Waals surface area contributed by atoms with E-state index < -0.39 is 0 Å². The van der Waals surface area contributed by atoms with Crippen molar-refractivity contribution in [3.8, 4) is 11.5 Å². The lowest BCUT2D eigenvalue weighted by Crippen LogP contribution is -2.26. The lowest BCUT2D eigenvalue weighted by molar-refractivity contribution is 0.0949. The van der Waals surface area contributed by atoms with Gasteiger partial charge in [-0.15, -0.1) is 0 Å². The highest BCUT2D eigenvalue weighted by molar-refractivity contribution is 5.96. The Hall–Kier alpha value is -3.27. The molecule has 4 nitrogen and oxygen atoms in total. The Balaban J connectivity index is 1.50. The summed E-state index contributed by atoms with van der Waals surface area (Å²) in [6, 6.07) is 23.3. The number of ether oxygens (including phenoxy) is 2. The van der Waals surface area contributed by atoms with Gasteiger partial charge in [-0.2, -0.15) is 0 Å². The Bertz CT molecular complexity index is 938. The van der Waals surface area contributed by atoms with Crippen LogP contribution in [0.4, 0.5) is 0 Å². The third-order valence-corrected chi connectivity index (χ3v) is 4.67. The van der Waals surface area contributed by atoms with Crippen molar-refractivity contribution in [1.29, 1.82) is 0 Å². The van der Waals surface area contributed by atoms with Crippen molar-refractivity contribution in [2.24, 2.45) is 0 Å². The van der Waals surface area contributed by atoms with Crippen LogP contribution in [0.1, 0.15) is 27.0 Å². The SMILES string of the molecule is Cc1ccc(C)c(CCNC(=O)c2ccccc2OCCOc2ccccc2)c1. The summed E-state index contributed by atoms with van der Waals surface area (Å²) in [5.41, 5.74) is 4.27. The van der Waals surface area contributed by atoms with Crippen molar-refractivity contribution in [2.45, 2.75) is 20.3 Å². The fourth-order valence-electron chi connectivity index (χ4n) is 3.08. The molecule has 0 fully saturated rings. The molecule has 3 rings (SSSR count). The lowest BCUT2D eigenvalue weighted by Gasteiger charge is -2.13. The van der Waals surface area contributed by atoms with Crippen LogP contribution < -0.4 is 14.8 Å². The van der Waals surface area contributed by atoms with E-state index >= 15 is 0 Å². The number of aryl methyl sites for hydroxylation is 2. The smallest absolute Gasteiger partial charge is 0.255 e. The van der Waals surface area contributed by atoms with Gasteiger partial charge >= 0.3 is 0 Å². The van der Waals surface area contributed by atoms with Gasteiger partial charge in [-0.25, -0.2) is 0 Å². The maximum absolute atomic E-state index is 12.6. The normalized spacial score (nSPS) is 10.4. The minimum atomic E-state index is -0.130. The highest BCUT2D eigenvalue weighted by Gasteiger charge is 2.12.